The predicted octanol–water partition coefficient (Wildman–Crippen LogP) is 2.32. The Morgan fingerprint density at radius 1 is 1.08 bits per heavy atom. The minimum absolute atomic E-state index is 0.0534. The molecule has 1 atom stereocenters. The average molecular weight is 531 g/mol. The Morgan fingerprint density at radius 2 is 1.74 bits per heavy atom. The van der Waals surface area contributed by atoms with Crippen molar-refractivity contribution in [1.82, 2.24) is 35.0 Å². The third-order valence-corrected chi connectivity index (χ3v) is 6.29. The van der Waals surface area contributed by atoms with Crippen LogP contribution >= 0.6 is 0 Å². The first-order chi connectivity index (χ1) is 18.5. The summed E-state index contributed by atoms with van der Waals surface area (Å²) in [5, 5.41) is 10.7. The van der Waals surface area contributed by atoms with Crippen LogP contribution in [0.2, 0.25) is 0 Å². The Balaban J connectivity index is 1.58. The van der Waals surface area contributed by atoms with E-state index in [4.69, 9.17) is 10.2 Å². The molecule has 3 heterocycles. The molecule has 4 rings (SSSR count). The molecule has 12 nitrogen and oxygen atoms in total. The summed E-state index contributed by atoms with van der Waals surface area (Å²) in [4.78, 5) is 52.5. The van der Waals surface area contributed by atoms with E-state index >= 15 is 0 Å². The number of carbonyl (C=O) groups is 2. The van der Waals surface area contributed by atoms with Crippen molar-refractivity contribution < 1.29 is 14.0 Å². The fourth-order valence-electron chi connectivity index (χ4n) is 3.95. The molecule has 0 spiro atoms. The van der Waals surface area contributed by atoms with Crippen molar-refractivity contribution in [2.24, 2.45) is 5.92 Å². The van der Waals surface area contributed by atoms with E-state index in [2.05, 4.69) is 30.5 Å². The van der Waals surface area contributed by atoms with Crippen LogP contribution in [0, 0.1) is 12.8 Å². The van der Waals surface area contributed by atoms with Crippen molar-refractivity contribution in [1.29, 1.82) is 0 Å². The number of aryl methyl sites for hydroxylation is 1. The zero-order chi connectivity index (χ0) is 28.3. The second-order valence-corrected chi connectivity index (χ2v) is 9.96. The number of carbonyl (C=O) groups excluding carboxylic acids is 2. The van der Waals surface area contributed by atoms with Crippen molar-refractivity contribution in [2.45, 2.75) is 52.6 Å². The van der Waals surface area contributed by atoms with Crippen LogP contribution in [0.15, 0.2) is 58.0 Å². The summed E-state index contributed by atoms with van der Waals surface area (Å²) < 4.78 is 6.93. The summed E-state index contributed by atoms with van der Waals surface area (Å²) in [6, 6.07) is 9.69. The number of benzene rings is 1. The lowest BCUT2D eigenvalue weighted by Crippen LogP contribution is -2.46. The number of hydrogen-bond donors (Lipinski definition) is 2. The second kappa shape index (κ2) is 10.9. The molecule has 0 aliphatic rings. The van der Waals surface area contributed by atoms with Crippen LogP contribution in [0.5, 0.6) is 0 Å². The first kappa shape index (κ1) is 27.3. The molecule has 0 aliphatic carbocycles. The van der Waals surface area contributed by atoms with Gasteiger partial charge in [0.15, 0.2) is 0 Å². The Kier molecular flexibility index (Phi) is 7.65. The standard InChI is InChI=1S/C27H30N8O4/c1-15(2)20(21(37)23-33-34-26(39-23)27(4,5)25-29-12-9-13-30-25)32-18(36)14-35-22(17-10-7-6-8-11-17)31-16(3)19(28)24(35)38/h6-13,15,20H,14,28H2,1-5H3,(H,32,36)/t20-/m1/s1. The predicted molar refractivity (Wildman–Crippen MR) is 143 cm³/mol. The monoisotopic (exact) mass is 530 g/mol. The summed E-state index contributed by atoms with van der Waals surface area (Å²) in [6.07, 6.45) is 3.20. The maximum Gasteiger partial charge on any atom is 0.286 e. The number of anilines is 1. The van der Waals surface area contributed by atoms with E-state index in [0.29, 0.717) is 22.9 Å². The number of Topliss-reactive ketones (excluding diaryl/α,β-unsaturated/α-hetero) is 1. The quantitative estimate of drug-likeness (QED) is 0.306. The first-order valence-corrected chi connectivity index (χ1v) is 12.4. The smallest absolute Gasteiger partial charge is 0.286 e. The third-order valence-electron chi connectivity index (χ3n) is 6.29. The second-order valence-electron chi connectivity index (χ2n) is 9.96. The highest BCUT2D eigenvalue weighted by atomic mass is 16.4. The number of nitrogens with zero attached hydrogens (tertiary/aromatic N) is 6. The van der Waals surface area contributed by atoms with Gasteiger partial charge in [-0.3, -0.25) is 19.0 Å². The molecule has 3 N–H and O–H groups in total. The first-order valence-electron chi connectivity index (χ1n) is 12.4. The highest BCUT2D eigenvalue weighted by molar-refractivity contribution is 5.98. The van der Waals surface area contributed by atoms with Gasteiger partial charge in [-0.2, -0.15) is 0 Å². The zero-order valence-corrected chi connectivity index (χ0v) is 22.4. The number of hydrogen-bond acceptors (Lipinski definition) is 10. The molecule has 4 aromatic rings. The number of rotatable bonds is 9. The van der Waals surface area contributed by atoms with Crippen LogP contribution in [0.4, 0.5) is 5.69 Å². The Labute approximate surface area is 224 Å². The number of nitrogens with two attached hydrogens (primary N) is 1. The van der Waals surface area contributed by atoms with Gasteiger partial charge in [-0.1, -0.05) is 44.2 Å². The van der Waals surface area contributed by atoms with E-state index in [1.54, 1.807) is 77.3 Å². The molecule has 0 bridgehead atoms. The molecule has 0 fully saturated rings. The van der Waals surface area contributed by atoms with Gasteiger partial charge in [-0.15, -0.1) is 10.2 Å². The summed E-state index contributed by atoms with van der Waals surface area (Å²) in [6.45, 7) is 8.38. The van der Waals surface area contributed by atoms with Crippen molar-refractivity contribution in [3.63, 3.8) is 0 Å². The molecule has 12 heteroatoms. The van der Waals surface area contributed by atoms with Crippen molar-refractivity contribution in [3.05, 3.63) is 82.4 Å². The van der Waals surface area contributed by atoms with Crippen molar-refractivity contribution >= 4 is 17.4 Å². The maximum atomic E-state index is 13.4. The van der Waals surface area contributed by atoms with Crippen LogP contribution < -0.4 is 16.6 Å². The number of nitrogen functional groups attached to an aromatic ring is 1. The minimum atomic E-state index is -0.992. The molecular formula is C27H30N8O4. The molecule has 0 unspecified atom stereocenters. The zero-order valence-electron chi connectivity index (χ0n) is 22.4. The van der Waals surface area contributed by atoms with Gasteiger partial charge in [0.1, 0.15) is 29.3 Å². The van der Waals surface area contributed by atoms with Gasteiger partial charge >= 0.3 is 0 Å². The lowest BCUT2D eigenvalue weighted by atomic mass is 9.92. The van der Waals surface area contributed by atoms with Crippen LogP contribution in [0.25, 0.3) is 11.4 Å². The SMILES string of the molecule is Cc1nc(-c2ccccc2)n(CC(=O)N[C@@H](C(=O)c2nnc(C(C)(C)c3ncccn3)o2)C(C)C)c(=O)c1N. The van der Waals surface area contributed by atoms with Gasteiger partial charge in [0.25, 0.3) is 11.4 Å². The summed E-state index contributed by atoms with van der Waals surface area (Å²) in [5.41, 5.74) is 5.50. The van der Waals surface area contributed by atoms with Crippen LogP contribution in [-0.2, 0) is 16.8 Å². The van der Waals surface area contributed by atoms with Gasteiger partial charge in [0, 0.05) is 18.0 Å². The van der Waals surface area contributed by atoms with E-state index < -0.39 is 35.3 Å². The summed E-state index contributed by atoms with van der Waals surface area (Å²) >= 11 is 0. The minimum Gasteiger partial charge on any atom is -0.417 e. The molecule has 202 valence electrons. The van der Waals surface area contributed by atoms with Crippen LogP contribution in [0.3, 0.4) is 0 Å². The molecule has 0 saturated carbocycles. The van der Waals surface area contributed by atoms with Crippen LogP contribution in [-0.4, -0.2) is 47.4 Å². The molecule has 0 radical (unpaired) electrons. The molecule has 3 aromatic heterocycles. The number of amides is 1. The van der Waals surface area contributed by atoms with E-state index in [1.807, 2.05) is 6.07 Å². The highest BCUT2D eigenvalue weighted by Gasteiger charge is 2.35. The van der Waals surface area contributed by atoms with Crippen molar-refractivity contribution in [2.75, 3.05) is 5.73 Å². The maximum absolute atomic E-state index is 13.4. The topological polar surface area (TPSA) is 172 Å². The Bertz CT molecular complexity index is 1550. The van der Waals surface area contributed by atoms with Gasteiger partial charge < -0.3 is 15.5 Å². The summed E-state index contributed by atoms with van der Waals surface area (Å²) in [7, 11) is 0. The fraction of sp³-hybridized carbons (Fsp3) is 0.333. The lowest BCUT2D eigenvalue weighted by Gasteiger charge is -2.21. The van der Waals surface area contributed by atoms with Gasteiger partial charge in [0.2, 0.25) is 17.6 Å². The fourth-order valence-corrected chi connectivity index (χ4v) is 3.95. The highest BCUT2D eigenvalue weighted by Crippen LogP contribution is 2.27. The number of nitrogens with one attached hydrogen (secondary N) is 1. The third kappa shape index (κ3) is 5.59. The normalized spacial score (nSPS) is 12.4. The van der Waals surface area contributed by atoms with Gasteiger partial charge in [-0.05, 0) is 32.8 Å². The number of aromatic nitrogens is 6. The molecule has 39 heavy (non-hydrogen) atoms. The van der Waals surface area contributed by atoms with Gasteiger partial charge in [-0.25, -0.2) is 15.0 Å². The Morgan fingerprint density at radius 3 is 2.38 bits per heavy atom. The van der Waals surface area contributed by atoms with E-state index in [1.165, 1.54) is 4.57 Å². The molecule has 0 saturated heterocycles. The molecular weight excluding hydrogens is 500 g/mol. The number of ketones is 1. The summed E-state index contributed by atoms with van der Waals surface area (Å²) in [5.74, 6) is -0.812. The van der Waals surface area contributed by atoms with Crippen LogP contribution in [0.1, 0.15) is 55.8 Å². The Hall–Kier alpha value is -4.74. The van der Waals surface area contributed by atoms with E-state index in [-0.39, 0.29) is 23.4 Å². The van der Waals surface area contributed by atoms with Gasteiger partial charge in [0.05, 0.1) is 11.7 Å². The average Bonchev–Trinajstić information content (AvgIpc) is 3.44. The largest absolute Gasteiger partial charge is 0.417 e. The lowest BCUT2D eigenvalue weighted by molar-refractivity contribution is -0.122. The molecule has 1 aromatic carbocycles. The van der Waals surface area contributed by atoms with E-state index in [9.17, 15) is 14.4 Å². The molecule has 1 amide bonds. The van der Waals surface area contributed by atoms with Crippen molar-refractivity contribution in [3.8, 4) is 11.4 Å². The molecule has 0 aliphatic heterocycles. The van der Waals surface area contributed by atoms with E-state index in [0.717, 1.165) is 0 Å².